The predicted molar refractivity (Wildman–Crippen MR) is 94.9 cm³/mol. The Labute approximate surface area is 160 Å². The lowest BCUT2D eigenvalue weighted by molar-refractivity contribution is -0.137. The van der Waals surface area contributed by atoms with Crippen LogP contribution in [0.4, 0.5) is 4.79 Å². The molecule has 1 rings (SSSR count). The molecule has 9 nitrogen and oxygen atoms in total. The molecule has 0 aromatic carbocycles. The molecule has 3 unspecified atom stereocenters. The normalized spacial score (nSPS) is 18.8. The number of rotatable bonds is 17. The molecule has 26 heavy (non-hydrogen) atoms. The molecule has 0 radical (unpaired) electrons. The van der Waals surface area contributed by atoms with Crippen molar-refractivity contribution in [2.75, 3.05) is 45.0 Å². The van der Waals surface area contributed by atoms with Crippen molar-refractivity contribution in [2.24, 2.45) is 0 Å². The first-order chi connectivity index (χ1) is 12.7. The number of hydrogen-bond donors (Lipinski definition) is 0. The zero-order valence-corrected chi connectivity index (χ0v) is 16.4. The molecule has 0 bridgehead atoms. The second-order valence-corrected chi connectivity index (χ2v) is 7.55. The molecule has 0 aromatic rings. The lowest BCUT2D eigenvalue weighted by Gasteiger charge is -2.13. The Morgan fingerprint density at radius 1 is 1.31 bits per heavy atom. The quantitative estimate of drug-likeness (QED) is 0.151. The van der Waals surface area contributed by atoms with Gasteiger partial charge in [0.2, 0.25) is 0 Å². The molecule has 0 saturated carbocycles. The number of carbonyl (C=O) groups is 2. The van der Waals surface area contributed by atoms with E-state index >= 15 is 0 Å². The van der Waals surface area contributed by atoms with E-state index in [1.807, 2.05) is 0 Å². The van der Waals surface area contributed by atoms with Crippen LogP contribution in [0, 0.1) is 0 Å². The Morgan fingerprint density at radius 3 is 2.81 bits per heavy atom. The summed E-state index contributed by atoms with van der Waals surface area (Å²) in [5.74, 6) is 1.28. The smallest absolute Gasteiger partial charge is 0.460 e. The van der Waals surface area contributed by atoms with E-state index in [0.717, 1.165) is 31.4 Å². The van der Waals surface area contributed by atoms with E-state index in [2.05, 4.69) is 4.74 Å². The van der Waals surface area contributed by atoms with E-state index in [1.54, 1.807) is 0 Å². The maximum Gasteiger partial charge on any atom is 0.508 e. The van der Waals surface area contributed by atoms with Crippen LogP contribution in [0.3, 0.4) is 0 Å². The van der Waals surface area contributed by atoms with Gasteiger partial charge in [0.25, 0.3) is 6.47 Å². The summed E-state index contributed by atoms with van der Waals surface area (Å²) >= 11 is -0.0568. The van der Waals surface area contributed by atoms with Crippen molar-refractivity contribution in [2.45, 2.75) is 37.9 Å². The molecule has 11 heteroatoms. The number of unbranched alkanes of at least 4 members (excludes halogenated alkanes) is 3. The Kier molecular flexibility index (Phi) is 13.5. The van der Waals surface area contributed by atoms with Crippen molar-refractivity contribution < 1.29 is 41.1 Å². The van der Waals surface area contributed by atoms with Crippen molar-refractivity contribution in [3.05, 3.63) is 0 Å². The van der Waals surface area contributed by atoms with E-state index in [0.29, 0.717) is 18.8 Å². The van der Waals surface area contributed by atoms with Crippen LogP contribution in [0.1, 0.15) is 25.7 Å². The van der Waals surface area contributed by atoms with Crippen molar-refractivity contribution in [1.82, 2.24) is 0 Å². The Balaban J connectivity index is 1.87. The second-order valence-electron chi connectivity index (χ2n) is 5.42. The lowest BCUT2D eigenvalue weighted by atomic mass is 10.2. The fourth-order valence-corrected chi connectivity index (χ4v) is 3.52. The Bertz CT molecular complexity index is 422. The van der Waals surface area contributed by atoms with Crippen LogP contribution < -0.4 is 0 Å². The first-order valence-electron chi connectivity index (χ1n) is 8.33. The van der Waals surface area contributed by atoms with Crippen LogP contribution >= 0.6 is 12.0 Å². The topological polar surface area (TPSA) is 107 Å². The molecule has 1 fully saturated rings. The standard InChI is InChI=1S/C15H26O9S2/c1-19-8-13(21-12-16)11-23-26(18)7-5-3-2-4-6-25-22-10-14-9-20-15(17)24-14/h12-14H,2-11H2,1H3. The van der Waals surface area contributed by atoms with Crippen LogP contribution in [0.5, 0.6) is 0 Å². The summed E-state index contributed by atoms with van der Waals surface area (Å²) in [6, 6.07) is 0. The minimum absolute atomic E-state index is 0.0501. The van der Waals surface area contributed by atoms with Gasteiger partial charge in [-0.3, -0.25) is 8.98 Å². The van der Waals surface area contributed by atoms with Gasteiger partial charge in [0, 0.05) is 18.6 Å². The second kappa shape index (κ2) is 15.2. The highest BCUT2D eigenvalue weighted by Crippen LogP contribution is 2.13. The van der Waals surface area contributed by atoms with Gasteiger partial charge in [0.05, 0.1) is 6.61 Å². The Morgan fingerprint density at radius 2 is 2.12 bits per heavy atom. The van der Waals surface area contributed by atoms with Gasteiger partial charge >= 0.3 is 6.16 Å². The lowest BCUT2D eigenvalue weighted by Crippen LogP contribution is -2.25. The first kappa shape index (κ1) is 23.2. The van der Waals surface area contributed by atoms with Gasteiger partial charge in [-0.1, -0.05) is 12.8 Å². The summed E-state index contributed by atoms with van der Waals surface area (Å²) < 4.78 is 41.3. The average Bonchev–Trinajstić information content (AvgIpc) is 3.04. The van der Waals surface area contributed by atoms with Crippen LogP contribution in [0.15, 0.2) is 0 Å². The van der Waals surface area contributed by atoms with E-state index in [9.17, 15) is 13.8 Å². The average molecular weight is 414 g/mol. The molecule has 1 aliphatic rings. The predicted octanol–water partition coefficient (Wildman–Crippen LogP) is 1.62. The van der Waals surface area contributed by atoms with Gasteiger partial charge in [-0.25, -0.2) is 9.00 Å². The summed E-state index contributed by atoms with van der Waals surface area (Å²) in [5.41, 5.74) is 0. The summed E-state index contributed by atoms with van der Waals surface area (Å²) in [6.45, 7) is 1.14. The largest absolute Gasteiger partial charge is 0.508 e. The molecule has 0 N–H and O–H groups in total. The van der Waals surface area contributed by atoms with Crippen molar-refractivity contribution in [3.8, 4) is 0 Å². The number of methoxy groups -OCH3 is 1. The van der Waals surface area contributed by atoms with Crippen LogP contribution in [0.2, 0.25) is 0 Å². The molecule has 0 amide bonds. The van der Waals surface area contributed by atoms with Crippen LogP contribution in [0.25, 0.3) is 0 Å². The number of hydrogen-bond acceptors (Lipinski definition) is 10. The van der Waals surface area contributed by atoms with Gasteiger partial charge in [-0.2, -0.15) is 0 Å². The molecular weight excluding hydrogens is 388 g/mol. The summed E-state index contributed by atoms with van der Waals surface area (Å²) in [5, 5.41) is 0. The van der Waals surface area contributed by atoms with E-state index < -0.39 is 23.3 Å². The number of carbonyl (C=O) groups excluding carboxylic acids is 2. The first-order valence-corrected chi connectivity index (χ1v) is 10.5. The molecule has 3 atom stereocenters. The van der Waals surface area contributed by atoms with Gasteiger partial charge in [-0.15, -0.1) is 0 Å². The Hall–Kier alpha value is -0.880. The van der Waals surface area contributed by atoms with Gasteiger partial charge < -0.3 is 23.1 Å². The molecule has 1 heterocycles. The van der Waals surface area contributed by atoms with E-state index in [4.69, 9.17) is 22.6 Å². The molecule has 0 aliphatic carbocycles. The molecule has 0 aromatic heterocycles. The minimum atomic E-state index is -1.40. The highest BCUT2D eigenvalue weighted by atomic mass is 32.2. The van der Waals surface area contributed by atoms with Gasteiger partial charge in [-0.05, 0) is 24.9 Å². The monoisotopic (exact) mass is 414 g/mol. The fourth-order valence-electron chi connectivity index (χ4n) is 1.97. The molecule has 152 valence electrons. The van der Waals surface area contributed by atoms with Crippen molar-refractivity contribution >= 4 is 35.8 Å². The highest BCUT2D eigenvalue weighted by Gasteiger charge is 2.24. The third kappa shape index (κ3) is 11.7. The minimum Gasteiger partial charge on any atom is -0.460 e. The van der Waals surface area contributed by atoms with Crippen molar-refractivity contribution in [3.63, 3.8) is 0 Å². The van der Waals surface area contributed by atoms with E-state index in [1.165, 1.54) is 19.2 Å². The maximum absolute atomic E-state index is 11.7. The van der Waals surface area contributed by atoms with Gasteiger partial charge in [0.1, 0.15) is 25.9 Å². The summed E-state index contributed by atoms with van der Waals surface area (Å²) in [4.78, 5) is 21.0. The third-order valence-electron chi connectivity index (χ3n) is 3.26. The number of ether oxygens (including phenoxy) is 4. The summed E-state index contributed by atoms with van der Waals surface area (Å²) in [6.07, 6.45) is 2.20. The van der Waals surface area contributed by atoms with E-state index in [-0.39, 0.29) is 25.9 Å². The van der Waals surface area contributed by atoms with Crippen LogP contribution in [-0.2, 0) is 43.2 Å². The van der Waals surface area contributed by atoms with Gasteiger partial charge in [0.15, 0.2) is 17.2 Å². The number of cyclic esters (lactones) is 2. The molecule has 0 spiro atoms. The van der Waals surface area contributed by atoms with Crippen molar-refractivity contribution in [1.29, 1.82) is 0 Å². The maximum atomic E-state index is 11.7. The SMILES string of the molecule is COCC(COS(=O)CCCCCCSOCC1COC(=O)O1)OC=O. The fraction of sp³-hybridized carbons (Fsp3) is 0.867. The van der Waals surface area contributed by atoms with Crippen LogP contribution in [-0.4, -0.2) is 74.1 Å². The summed E-state index contributed by atoms with van der Waals surface area (Å²) in [7, 11) is 1.49. The zero-order chi connectivity index (χ0) is 19.0. The molecule has 1 saturated heterocycles. The third-order valence-corrected chi connectivity index (χ3v) is 5.04. The molecule has 1 aliphatic heterocycles. The molecular formula is C15H26O9S2. The highest BCUT2D eigenvalue weighted by molar-refractivity contribution is 7.94. The zero-order valence-electron chi connectivity index (χ0n) is 14.8.